The Balaban J connectivity index is 1.86. The number of aliphatic imine (C=N–C) groups is 1. The quantitative estimate of drug-likeness (QED) is 0.384. The van der Waals surface area contributed by atoms with Gasteiger partial charge in [-0.05, 0) is 29.5 Å². The minimum absolute atomic E-state index is 0.0967. The van der Waals surface area contributed by atoms with Gasteiger partial charge in [-0.25, -0.2) is 0 Å². The summed E-state index contributed by atoms with van der Waals surface area (Å²) in [6.07, 6.45) is 0. The largest absolute Gasteiger partial charge is 0.352 e. The zero-order valence-electron chi connectivity index (χ0n) is 12.5. The van der Waals surface area contributed by atoms with Crippen molar-refractivity contribution in [2.45, 2.75) is 20.0 Å². The highest BCUT2D eigenvalue weighted by molar-refractivity contribution is 7.10. The summed E-state index contributed by atoms with van der Waals surface area (Å²) in [5, 5.41) is 19.1. The van der Waals surface area contributed by atoms with Gasteiger partial charge in [-0.15, -0.1) is 11.3 Å². The highest BCUT2D eigenvalue weighted by Crippen LogP contribution is 2.14. The fourth-order valence-electron chi connectivity index (χ4n) is 1.89. The average molecular weight is 318 g/mol. The first-order chi connectivity index (χ1) is 10.6. The molecule has 0 aliphatic rings. The maximum absolute atomic E-state index is 10.6. The molecule has 0 amide bonds. The first-order valence-corrected chi connectivity index (χ1v) is 7.69. The number of aryl methyl sites for hydroxylation is 1. The second-order valence-corrected chi connectivity index (χ2v) is 5.73. The van der Waals surface area contributed by atoms with Crippen LogP contribution in [0, 0.1) is 17.0 Å². The third-order valence-electron chi connectivity index (χ3n) is 3.22. The molecular weight excluding hydrogens is 300 g/mol. The summed E-state index contributed by atoms with van der Waals surface area (Å²) in [6, 6.07) is 8.57. The maximum Gasteiger partial charge on any atom is 0.269 e. The van der Waals surface area contributed by atoms with Crippen LogP contribution in [-0.4, -0.2) is 17.9 Å². The summed E-state index contributed by atoms with van der Waals surface area (Å²) in [5.74, 6) is 0.700. The molecule has 7 heteroatoms. The van der Waals surface area contributed by atoms with Crippen molar-refractivity contribution in [2.75, 3.05) is 7.05 Å². The molecule has 0 saturated heterocycles. The van der Waals surface area contributed by atoms with Gasteiger partial charge in [0.05, 0.1) is 11.5 Å². The van der Waals surface area contributed by atoms with Gasteiger partial charge in [0.15, 0.2) is 5.96 Å². The van der Waals surface area contributed by atoms with E-state index in [9.17, 15) is 10.1 Å². The van der Waals surface area contributed by atoms with Crippen LogP contribution < -0.4 is 10.6 Å². The molecule has 1 heterocycles. The maximum atomic E-state index is 10.6. The number of guanidine groups is 1. The van der Waals surface area contributed by atoms with Gasteiger partial charge in [-0.2, -0.15) is 0 Å². The van der Waals surface area contributed by atoms with Crippen molar-refractivity contribution in [1.82, 2.24) is 10.6 Å². The van der Waals surface area contributed by atoms with E-state index in [4.69, 9.17) is 0 Å². The molecule has 0 atom stereocenters. The summed E-state index contributed by atoms with van der Waals surface area (Å²) < 4.78 is 0. The molecule has 0 fully saturated rings. The highest BCUT2D eigenvalue weighted by atomic mass is 32.1. The number of nitro groups is 1. The summed E-state index contributed by atoms with van der Waals surface area (Å²) in [5.41, 5.74) is 2.32. The normalized spacial score (nSPS) is 11.3. The number of nitro benzene ring substituents is 1. The van der Waals surface area contributed by atoms with Crippen molar-refractivity contribution < 1.29 is 4.92 Å². The molecule has 0 unspecified atom stereocenters. The van der Waals surface area contributed by atoms with Gasteiger partial charge in [-0.3, -0.25) is 15.1 Å². The molecule has 0 saturated carbocycles. The van der Waals surface area contributed by atoms with Crippen LogP contribution in [0.1, 0.15) is 16.0 Å². The Morgan fingerprint density at radius 2 is 1.91 bits per heavy atom. The monoisotopic (exact) mass is 318 g/mol. The van der Waals surface area contributed by atoms with Crippen molar-refractivity contribution in [3.8, 4) is 0 Å². The number of non-ortho nitro benzene ring substituents is 1. The zero-order valence-corrected chi connectivity index (χ0v) is 13.3. The van der Waals surface area contributed by atoms with Crippen molar-refractivity contribution in [3.05, 3.63) is 61.8 Å². The Morgan fingerprint density at radius 1 is 1.23 bits per heavy atom. The molecule has 0 bridgehead atoms. The van der Waals surface area contributed by atoms with Crippen molar-refractivity contribution in [2.24, 2.45) is 4.99 Å². The lowest BCUT2D eigenvalue weighted by molar-refractivity contribution is -0.384. The number of nitrogens with zero attached hydrogens (tertiary/aromatic N) is 2. The predicted molar refractivity (Wildman–Crippen MR) is 89.2 cm³/mol. The van der Waals surface area contributed by atoms with E-state index in [0.717, 1.165) is 12.1 Å². The number of hydrogen-bond donors (Lipinski definition) is 2. The summed E-state index contributed by atoms with van der Waals surface area (Å²) in [6.45, 7) is 3.37. The minimum Gasteiger partial charge on any atom is -0.352 e. The van der Waals surface area contributed by atoms with Crippen LogP contribution in [0.5, 0.6) is 0 Å². The third-order valence-corrected chi connectivity index (χ3v) is 4.24. The lowest BCUT2D eigenvalue weighted by atomic mass is 10.2. The number of nitrogens with one attached hydrogen (secondary N) is 2. The van der Waals surface area contributed by atoms with E-state index >= 15 is 0 Å². The lowest BCUT2D eigenvalue weighted by Gasteiger charge is -2.11. The molecular formula is C15H18N4O2S. The van der Waals surface area contributed by atoms with E-state index in [0.29, 0.717) is 12.5 Å². The molecule has 6 nitrogen and oxygen atoms in total. The molecule has 0 aliphatic carbocycles. The van der Waals surface area contributed by atoms with E-state index in [-0.39, 0.29) is 5.69 Å². The van der Waals surface area contributed by atoms with Crippen molar-refractivity contribution in [1.29, 1.82) is 0 Å². The van der Waals surface area contributed by atoms with Crippen molar-refractivity contribution >= 4 is 23.0 Å². The molecule has 1 aromatic heterocycles. The summed E-state index contributed by atoms with van der Waals surface area (Å²) >= 11 is 1.71. The topological polar surface area (TPSA) is 79.6 Å². The zero-order chi connectivity index (χ0) is 15.9. The van der Waals surface area contributed by atoms with Crippen molar-refractivity contribution in [3.63, 3.8) is 0 Å². The average Bonchev–Trinajstić information content (AvgIpc) is 2.93. The van der Waals surface area contributed by atoms with Crippen LogP contribution in [0.2, 0.25) is 0 Å². The van der Waals surface area contributed by atoms with Gasteiger partial charge in [-0.1, -0.05) is 12.1 Å². The Kier molecular flexibility index (Phi) is 5.48. The molecule has 1 aromatic carbocycles. The van der Waals surface area contributed by atoms with E-state index in [1.165, 1.54) is 22.6 Å². The minimum atomic E-state index is -0.402. The van der Waals surface area contributed by atoms with Crippen LogP contribution in [0.4, 0.5) is 5.69 Å². The first-order valence-electron chi connectivity index (χ1n) is 6.81. The van der Waals surface area contributed by atoms with Gasteiger partial charge in [0.1, 0.15) is 0 Å². The van der Waals surface area contributed by atoms with Crippen LogP contribution >= 0.6 is 11.3 Å². The Labute approximate surface area is 133 Å². The number of hydrogen-bond acceptors (Lipinski definition) is 4. The van der Waals surface area contributed by atoms with Gasteiger partial charge in [0, 0.05) is 30.6 Å². The summed E-state index contributed by atoms with van der Waals surface area (Å²) in [7, 11) is 1.71. The molecule has 2 aromatic rings. The smallest absolute Gasteiger partial charge is 0.269 e. The Hall–Kier alpha value is -2.41. The summed E-state index contributed by atoms with van der Waals surface area (Å²) in [4.78, 5) is 15.7. The molecule has 0 radical (unpaired) electrons. The lowest BCUT2D eigenvalue weighted by Crippen LogP contribution is -2.36. The SMILES string of the molecule is CN=C(NCc1ccc([N+](=O)[O-])cc1)NCc1sccc1C. The highest BCUT2D eigenvalue weighted by Gasteiger charge is 2.05. The fourth-order valence-corrected chi connectivity index (χ4v) is 2.74. The number of rotatable bonds is 5. The van der Waals surface area contributed by atoms with Gasteiger partial charge < -0.3 is 10.6 Å². The molecule has 2 rings (SSSR count). The second kappa shape index (κ2) is 7.56. The number of benzene rings is 1. The van der Waals surface area contributed by atoms with E-state index in [1.54, 1.807) is 30.5 Å². The number of thiophene rings is 1. The van der Waals surface area contributed by atoms with Crippen LogP contribution in [0.15, 0.2) is 40.7 Å². The molecule has 2 N–H and O–H groups in total. The first kappa shape index (κ1) is 16.0. The standard InChI is InChI=1S/C15H18N4O2S/c1-11-7-8-22-14(11)10-18-15(16-2)17-9-12-3-5-13(6-4-12)19(20)21/h3-8H,9-10H2,1-2H3,(H2,16,17,18). The second-order valence-electron chi connectivity index (χ2n) is 4.73. The Bertz CT molecular complexity index is 664. The molecule has 22 heavy (non-hydrogen) atoms. The van der Waals surface area contributed by atoms with Crippen LogP contribution in [-0.2, 0) is 13.1 Å². The van der Waals surface area contributed by atoms with E-state index < -0.39 is 4.92 Å². The van der Waals surface area contributed by atoms with Gasteiger partial charge in [0.25, 0.3) is 5.69 Å². The van der Waals surface area contributed by atoms with Gasteiger partial charge in [0.2, 0.25) is 0 Å². The van der Waals surface area contributed by atoms with Gasteiger partial charge >= 0.3 is 0 Å². The molecule has 0 aliphatic heterocycles. The molecule has 116 valence electrons. The van der Waals surface area contributed by atoms with Crippen LogP contribution in [0.3, 0.4) is 0 Å². The van der Waals surface area contributed by atoms with E-state index in [2.05, 4.69) is 34.0 Å². The Morgan fingerprint density at radius 3 is 2.45 bits per heavy atom. The van der Waals surface area contributed by atoms with E-state index in [1.807, 2.05) is 0 Å². The predicted octanol–water partition coefficient (Wildman–Crippen LogP) is 2.83. The molecule has 0 spiro atoms. The van der Waals surface area contributed by atoms with Crippen LogP contribution in [0.25, 0.3) is 0 Å². The third kappa shape index (κ3) is 4.29. The fraction of sp³-hybridized carbons (Fsp3) is 0.267.